The van der Waals surface area contributed by atoms with Crippen molar-refractivity contribution in [2.75, 3.05) is 108 Å². The first-order valence-corrected chi connectivity index (χ1v) is 46.0. The van der Waals surface area contributed by atoms with Crippen LogP contribution < -0.4 is 38.5 Å². The molecule has 4 aromatic carbocycles. The molecule has 0 radical (unpaired) electrons. The number of anilines is 4. The van der Waals surface area contributed by atoms with Gasteiger partial charge in [-0.1, -0.05) is 24.3 Å². The van der Waals surface area contributed by atoms with Crippen molar-refractivity contribution in [2.45, 2.75) is 147 Å². The van der Waals surface area contributed by atoms with E-state index in [2.05, 4.69) is 124 Å². The van der Waals surface area contributed by atoms with E-state index in [1.54, 1.807) is 10.5 Å². The molecule has 27 heteroatoms. The maximum absolute atomic E-state index is 11.9. The van der Waals surface area contributed by atoms with Crippen molar-refractivity contribution in [1.29, 1.82) is 0 Å². The van der Waals surface area contributed by atoms with Gasteiger partial charge in [0.05, 0.1) is 97.7 Å². The van der Waals surface area contributed by atoms with E-state index in [9.17, 15) is 21.0 Å². The van der Waals surface area contributed by atoms with Gasteiger partial charge < -0.3 is 43.0 Å². The van der Waals surface area contributed by atoms with Crippen molar-refractivity contribution in [2.24, 2.45) is 20.0 Å². The smallest absolute Gasteiger partial charge is 0.211 e. The number of benzene rings is 4. The van der Waals surface area contributed by atoms with E-state index < -0.39 is 30.7 Å². The molecule has 3 saturated heterocycles. The molecule has 13 heterocycles. The molecule has 0 atom stereocenters. The van der Waals surface area contributed by atoms with E-state index in [0.717, 1.165) is 235 Å². The second kappa shape index (κ2) is 32.1. The molecule has 115 heavy (non-hydrogen) atoms. The Morgan fingerprint density at radius 2 is 0.817 bits per heavy atom. The van der Waals surface area contributed by atoms with Gasteiger partial charge in [-0.2, -0.15) is 0 Å². The molecule has 8 fully saturated rings. The standard InChI is InChI=1S/C25H24N4O2.C22H26N4O3S.C21H23N3O3S.C20H21N3O2S/c1-2-15(1)25-28-21-14-29(10-8-22(21)31-25)23-11-16(7-9-26-23)24-20-12-19(30-18-5-6-18)4-3-17(20)13-27-24;1-30(27,28)26-10-2-9-25(11-12-26)21-13-16(7-8-23-21)22-20-14-19(29-18-5-6-18)4-3-17(20)15-24-22;25-28(26)10-1-8-24(9-11-28)20-12-15(6-7-22-20)21-19-13-18(27-17-4-5-17)3-2-16(19)14-23-21;24-26-9-7-23(8-10-26)19-11-14(5-6-21-19)20-18-12-17(25-16-3-4-16)2-1-15(18)13-22-20/h3-4,7,9,11-12,15,18H,1-2,5-6,8,10,13-14H2;3-4,7-8,13-14,18H,2,5-6,9-12,15H2,1H3;2-3,6-7,12-13,17H,1,4-5,8-11,14H2;1-2,5-6,11-12,16H,3-4,7-10,13H2. The predicted molar refractivity (Wildman–Crippen MR) is 447 cm³/mol. The van der Waals surface area contributed by atoms with Crippen molar-refractivity contribution in [3.63, 3.8) is 0 Å². The molecule has 24 nitrogen and oxygen atoms in total. The third-order valence-electron chi connectivity index (χ3n) is 23.0. The first-order chi connectivity index (χ1) is 56.1. The van der Waals surface area contributed by atoms with Gasteiger partial charge in [0.15, 0.2) is 15.7 Å². The summed E-state index contributed by atoms with van der Waals surface area (Å²) in [5, 5.41) is 0. The Hall–Kier alpha value is -10.2. The van der Waals surface area contributed by atoms with Gasteiger partial charge in [0.1, 0.15) is 57.7 Å². The van der Waals surface area contributed by atoms with Crippen LogP contribution in [0.15, 0.2) is 171 Å². The topological polar surface area (TPSA) is 266 Å². The zero-order chi connectivity index (χ0) is 77.7. The van der Waals surface area contributed by atoms with Crippen molar-refractivity contribution >= 4 is 76.8 Å². The highest BCUT2D eigenvalue weighted by Gasteiger charge is 2.35. The molecule has 0 amide bonds. The van der Waals surface area contributed by atoms with Crippen molar-refractivity contribution in [3.8, 4) is 23.0 Å². The van der Waals surface area contributed by atoms with E-state index in [1.165, 1.54) is 52.5 Å². The van der Waals surface area contributed by atoms with E-state index >= 15 is 0 Å². The average Bonchev–Trinajstić information content (AvgIpc) is 1.71. The van der Waals surface area contributed by atoms with Crippen LogP contribution in [-0.4, -0.2) is 186 Å². The fraction of sp³-hybridized carbons (Fsp3) is 0.420. The fourth-order valence-corrected chi connectivity index (χ4v) is 19.0. The van der Waals surface area contributed by atoms with Gasteiger partial charge in [0.2, 0.25) is 10.0 Å². The summed E-state index contributed by atoms with van der Waals surface area (Å²) < 4.78 is 90.6. The number of aliphatic imine (C=N–C) groups is 4. The van der Waals surface area contributed by atoms with Gasteiger partial charge in [-0.3, -0.25) is 24.2 Å². The summed E-state index contributed by atoms with van der Waals surface area (Å²) in [5.74, 6) is 11.7. The number of aromatic nitrogens is 5. The second-order valence-corrected chi connectivity index (χ2v) is 38.0. The quantitative estimate of drug-likeness (QED) is 0.0772. The molecular formula is C88H94N14O10S3. The number of fused-ring (bicyclic) bond motifs is 5. The van der Waals surface area contributed by atoms with Crippen molar-refractivity contribution in [1.82, 2.24) is 29.2 Å². The van der Waals surface area contributed by atoms with Gasteiger partial charge in [-0.15, -0.1) is 0 Å². The molecule has 5 saturated carbocycles. The fourth-order valence-electron chi connectivity index (χ4n) is 15.8. The number of hydrogen-bond donors (Lipinski definition) is 0. The molecule has 0 unspecified atom stereocenters. The van der Waals surface area contributed by atoms with Gasteiger partial charge in [0.25, 0.3) is 0 Å². The molecule has 0 spiro atoms. The summed E-state index contributed by atoms with van der Waals surface area (Å²) >= 11 is 0. The average molecular weight is 1600 g/mol. The molecular weight excluding hydrogens is 1510 g/mol. The molecule has 0 N–H and O–H groups in total. The first-order valence-electron chi connectivity index (χ1n) is 40.8. The van der Waals surface area contributed by atoms with E-state index in [1.807, 2.05) is 55.0 Å². The molecule has 13 aliphatic rings. The molecule has 8 aliphatic heterocycles. The lowest BCUT2D eigenvalue weighted by Crippen LogP contribution is -2.38. The largest absolute Gasteiger partial charge is 0.490 e. The van der Waals surface area contributed by atoms with Crippen LogP contribution in [0.3, 0.4) is 0 Å². The second-order valence-electron chi connectivity index (χ2n) is 32.0. The Kier molecular flexibility index (Phi) is 20.9. The molecule has 5 aromatic heterocycles. The monoisotopic (exact) mass is 1600 g/mol. The highest BCUT2D eigenvalue weighted by atomic mass is 32.2. The predicted octanol–water partition coefficient (Wildman–Crippen LogP) is 12.0. The van der Waals surface area contributed by atoms with Crippen LogP contribution >= 0.6 is 0 Å². The third-order valence-corrected chi connectivity index (χ3v) is 27.3. The Balaban J connectivity index is 0.000000103. The third kappa shape index (κ3) is 17.8. The SMILES string of the molecule is CS(=O)(=O)N1CCCN(c2cc(C3=NCc4ccc(OC5CC5)cc43)ccn2)CC1.O=S1(=O)CCCN(c2cc(C3=NCc4ccc(OC5CC5)cc43)ccn2)CC1.O=S1CCN(c2cc(C3=NCc4ccc(OC5CC5)cc43)ccn2)CC1.c1cc(C2=NCc3ccc(OC4CC4)cc32)cc(N2CCc3oc(C4CC4)nc3C2)n1. The number of rotatable bonds is 18. The summed E-state index contributed by atoms with van der Waals surface area (Å²) in [6, 6.07) is 41.6. The van der Waals surface area contributed by atoms with Crippen molar-refractivity contribution in [3.05, 3.63) is 230 Å². The summed E-state index contributed by atoms with van der Waals surface area (Å²) in [7, 11) is -6.79. The maximum atomic E-state index is 11.9. The Morgan fingerprint density at radius 1 is 0.426 bits per heavy atom. The van der Waals surface area contributed by atoms with Gasteiger partial charge in [-0.05, 0) is 196 Å². The maximum Gasteiger partial charge on any atom is 0.211 e. The minimum absolute atomic E-state index is 0.185. The number of nitrogens with zero attached hydrogens (tertiary/aromatic N) is 14. The van der Waals surface area contributed by atoms with Crippen LogP contribution in [0.1, 0.15) is 167 Å². The minimum atomic E-state index is -3.16. The van der Waals surface area contributed by atoms with Crippen LogP contribution in [0.5, 0.6) is 23.0 Å². The number of ether oxygens (including phenoxy) is 4. The van der Waals surface area contributed by atoms with E-state index in [0.29, 0.717) is 89.1 Å². The number of oxazole rings is 1. The molecule has 594 valence electrons. The molecule has 22 rings (SSSR count). The number of hydrogen-bond acceptors (Lipinski definition) is 23. The van der Waals surface area contributed by atoms with Crippen molar-refractivity contribution < 1.29 is 44.4 Å². The van der Waals surface area contributed by atoms with Gasteiger partial charge in [0, 0.05) is 163 Å². The first kappa shape index (κ1) is 74.9. The summed E-state index contributed by atoms with van der Waals surface area (Å²) in [6.45, 7) is 9.68. The van der Waals surface area contributed by atoms with E-state index in [4.69, 9.17) is 48.3 Å². The Bertz CT molecular complexity index is 5610. The lowest BCUT2D eigenvalue weighted by molar-refractivity contribution is 0.303. The Labute approximate surface area is 673 Å². The number of sulfone groups is 1. The van der Waals surface area contributed by atoms with Gasteiger partial charge >= 0.3 is 0 Å². The van der Waals surface area contributed by atoms with Crippen LogP contribution in [0.4, 0.5) is 23.3 Å². The molecule has 9 aromatic rings. The number of sulfonamides is 1. The lowest BCUT2D eigenvalue weighted by Gasteiger charge is -2.27. The van der Waals surface area contributed by atoms with Crippen LogP contribution in [0.25, 0.3) is 0 Å². The summed E-state index contributed by atoms with van der Waals surface area (Å²) in [5.41, 5.74) is 18.8. The summed E-state index contributed by atoms with van der Waals surface area (Å²) in [4.78, 5) is 51.0. The summed E-state index contributed by atoms with van der Waals surface area (Å²) in [6.07, 6.45) is 24.1. The molecule has 0 bridgehead atoms. The normalized spacial score (nSPS) is 20.1. The van der Waals surface area contributed by atoms with Crippen LogP contribution in [-0.2, 0) is 69.8 Å². The van der Waals surface area contributed by atoms with Crippen LogP contribution in [0, 0.1) is 0 Å². The molecule has 5 aliphatic carbocycles. The highest BCUT2D eigenvalue weighted by molar-refractivity contribution is 7.91. The van der Waals surface area contributed by atoms with Crippen LogP contribution in [0.2, 0.25) is 0 Å². The zero-order valence-corrected chi connectivity index (χ0v) is 67.2. The number of pyridine rings is 4. The van der Waals surface area contributed by atoms with E-state index in [-0.39, 0.29) is 11.5 Å². The minimum Gasteiger partial charge on any atom is -0.490 e. The van der Waals surface area contributed by atoms with Gasteiger partial charge in [-0.25, -0.2) is 46.1 Å². The lowest BCUT2D eigenvalue weighted by atomic mass is 10.0. The highest BCUT2D eigenvalue weighted by Crippen LogP contribution is 2.42. The Morgan fingerprint density at radius 3 is 1.22 bits per heavy atom. The zero-order valence-electron chi connectivity index (χ0n) is 64.7.